The Morgan fingerprint density at radius 2 is 1.78 bits per heavy atom. The fourth-order valence-electron chi connectivity index (χ4n) is 4.15. The highest BCUT2D eigenvalue weighted by Gasteiger charge is 2.22. The first kappa shape index (κ1) is 20.0. The Kier molecular flexibility index (Phi) is 4.96. The van der Waals surface area contributed by atoms with Crippen molar-refractivity contribution in [1.82, 2.24) is 23.8 Å². The molecule has 5 rings (SSSR count). The molecule has 0 N–H and O–H groups in total. The van der Waals surface area contributed by atoms with Crippen molar-refractivity contribution >= 4 is 34.1 Å². The molecule has 1 saturated heterocycles. The molecule has 0 spiro atoms. The Bertz CT molecular complexity index is 1450. The van der Waals surface area contributed by atoms with Gasteiger partial charge in [-0.05, 0) is 37.4 Å². The van der Waals surface area contributed by atoms with E-state index < -0.39 is 0 Å². The van der Waals surface area contributed by atoms with Crippen molar-refractivity contribution in [2.24, 2.45) is 7.05 Å². The molecule has 8 nitrogen and oxygen atoms in total. The zero-order valence-electron chi connectivity index (χ0n) is 18.1. The van der Waals surface area contributed by atoms with Crippen LogP contribution in [0.25, 0.3) is 28.3 Å². The number of benzene rings is 1. The number of hydrogen-bond acceptors (Lipinski definition) is 6. The van der Waals surface area contributed by atoms with Gasteiger partial charge < -0.3 is 14.4 Å². The van der Waals surface area contributed by atoms with E-state index in [2.05, 4.69) is 27.9 Å². The van der Waals surface area contributed by atoms with Gasteiger partial charge in [0.15, 0.2) is 5.82 Å². The average Bonchev–Trinajstić information content (AvgIpc) is 3.15. The van der Waals surface area contributed by atoms with Crippen LogP contribution in [0.1, 0.15) is 11.4 Å². The number of likely N-dealkylation sites (N-methyl/N-ethyl adjacent to an activating group) is 1. The summed E-state index contributed by atoms with van der Waals surface area (Å²) in [5.74, 6) is 1.14. The van der Waals surface area contributed by atoms with Crippen molar-refractivity contribution in [2.45, 2.75) is 0 Å². The van der Waals surface area contributed by atoms with Crippen LogP contribution in [0.3, 0.4) is 0 Å². The molecule has 0 amide bonds. The van der Waals surface area contributed by atoms with Crippen molar-refractivity contribution in [2.75, 3.05) is 38.1 Å². The molecule has 1 aromatic carbocycles. The number of allylic oxidation sites excluding steroid dienone is 1. The smallest absolute Gasteiger partial charge is 0.267 e. The summed E-state index contributed by atoms with van der Waals surface area (Å²) in [4.78, 5) is 27.3. The highest BCUT2D eigenvalue weighted by atomic mass is 16.1. The maximum atomic E-state index is 13.5. The van der Waals surface area contributed by atoms with Crippen LogP contribution in [0.15, 0.2) is 53.5 Å². The Hall–Kier alpha value is -3.96. The summed E-state index contributed by atoms with van der Waals surface area (Å²) in [6.45, 7) is 3.30. The Balaban J connectivity index is 1.72. The number of fused-ring (bicyclic) bond motifs is 2. The maximum absolute atomic E-state index is 13.5. The van der Waals surface area contributed by atoms with Gasteiger partial charge in [-0.2, -0.15) is 5.26 Å². The number of pyridine rings is 1. The summed E-state index contributed by atoms with van der Waals surface area (Å²) in [6, 6.07) is 15.5. The first-order valence-electron chi connectivity index (χ1n) is 10.6. The van der Waals surface area contributed by atoms with Crippen LogP contribution in [0.5, 0.6) is 0 Å². The van der Waals surface area contributed by atoms with Gasteiger partial charge in [0.2, 0.25) is 0 Å². The van der Waals surface area contributed by atoms with Gasteiger partial charge in [0, 0.05) is 39.4 Å². The molecule has 1 fully saturated rings. The van der Waals surface area contributed by atoms with Crippen LogP contribution in [0, 0.1) is 11.3 Å². The molecular formula is C24H23N7O. The number of rotatable bonds is 3. The quantitative estimate of drug-likeness (QED) is 0.469. The number of para-hydroxylation sites is 2. The van der Waals surface area contributed by atoms with Crippen LogP contribution in [0.4, 0.5) is 5.82 Å². The molecule has 0 aliphatic carbocycles. The van der Waals surface area contributed by atoms with Crippen LogP contribution in [-0.2, 0) is 7.05 Å². The Morgan fingerprint density at radius 1 is 1.03 bits per heavy atom. The van der Waals surface area contributed by atoms with E-state index >= 15 is 0 Å². The van der Waals surface area contributed by atoms with Gasteiger partial charge in [0.1, 0.15) is 17.5 Å². The fraction of sp³-hybridized carbons (Fsp3) is 0.250. The molecule has 4 heterocycles. The van der Waals surface area contributed by atoms with Crippen LogP contribution in [0.2, 0.25) is 0 Å². The molecule has 0 unspecified atom stereocenters. The molecule has 160 valence electrons. The lowest BCUT2D eigenvalue weighted by Gasteiger charge is -2.34. The SMILES string of the molecule is CN1CCN(c2nc3ccccn3c(=O)c2/C=C(\C#N)c2nc3ccccc3n2C)CC1. The number of anilines is 1. The molecular weight excluding hydrogens is 402 g/mol. The van der Waals surface area contributed by atoms with Crippen LogP contribution < -0.4 is 10.5 Å². The molecule has 0 saturated carbocycles. The summed E-state index contributed by atoms with van der Waals surface area (Å²) >= 11 is 0. The lowest BCUT2D eigenvalue weighted by Crippen LogP contribution is -2.45. The fourth-order valence-corrected chi connectivity index (χ4v) is 4.15. The van der Waals surface area contributed by atoms with Crippen molar-refractivity contribution < 1.29 is 0 Å². The summed E-state index contributed by atoms with van der Waals surface area (Å²) in [6.07, 6.45) is 3.35. The first-order valence-corrected chi connectivity index (χ1v) is 10.6. The molecule has 0 radical (unpaired) electrons. The molecule has 32 heavy (non-hydrogen) atoms. The molecule has 1 aliphatic rings. The minimum absolute atomic E-state index is 0.198. The van der Waals surface area contributed by atoms with E-state index in [9.17, 15) is 10.1 Å². The third-order valence-electron chi connectivity index (χ3n) is 5.99. The minimum Gasteiger partial charge on any atom is -0.353 e. The lowest BCUT2D eigenvalue weighted by atomic mass is 10.1. The van der Waals surface area contributed by atoms with Gasteiger partial charge in [0.05, 0.1) is 22.2 Å². The third-order valence-corrected chi connectivity index (χ3v) is 5.99. The standard InChI is InChI=1S/C24H23N7O/c1-28-11-13-30(14-12-28)23-18(24(32)31-10-6-5-9-21(31)27-23)15-17(16-25)22-26-19-7-3-4-8-20(19)29(22)2/h3-10,15H,11-14H2,1-2H3/b17-15+. The second kappa shape index (κ2) is 7.94. The van der Waals surface area contributed by atoms with E-state index in [-0.39, 0.29) is 5.56 Å². The van der Waals surface area contributed by atoms with Crippen molar-refractivity contribution in [3.05, 3.63) is 70.4 Å². The average molecular weight is 425 g/mol. The van der Waals surface area contributed by atoms with Gasteiger partial charge in [0.25, 0.3) is 5.56 Å². The summed E-state index contributed by atoms with van der Waals surface area (Å²) in [7, 11) is 3.96. The second-order valence-electron chi connectivity index (χ2n) is 8.03. The number of aromatic nitrogens is 4. The van der Waals surface area contributed by atoms with Crippen molar-refractivity contribution in [3.63, 3.8) is 0 Å². The monoisotopic (exact) mass is 425 g/mol. The van der Waals surface area contributed by atoms with Gasteiger partial charge in [-0.25, -0.2) is 9.97 Å². The van der Waals surface area contributed by atoms with Crippen molar-refractivity contribution in [1.29, 1.82) is 5.26 Å². The highest BCUT2D eigenvalue weighted by Crippen LogP contribution is 2.25. The number of piperazine rings is 1. The molecule has 1 aliphatic heterocycles. The summed E-state index contributed by atoms with van der Waals surface area (Å²) < 4.78 is 3.40. The van der Waals surface area contributed by atoms with Crippen LogP contribution >= 0.6 is 0 Å². The summed E-state index contributed by atoms with van der Waals surface area (Å²) in [5, 5.41) is 10.0. The second-order valence-corrected chi connectivity index (χ2v) is 8.03. The van der Waals surface area contributed by atoms with Gasteiger partial charge in [-0.15, -0.1) is 0 Å². The number of aryl methyl sites for hydroxylation is 1. The normalized spacial score (nSPS) is 15.4. The molecule has 3 aromatic heterocycles. The largest absolute Gasteiger partial charge is 0.353 e. The van der Waals surface area contributed by atoms with E-state index in [4.69, 9.17) is 4.98 Å². The molecule has 0 atom stereocenters. The topological polar surface area (TPSA) is 82.5 Å². The van der Waals surface area contributed by atoms with Gasteiger partial charge in [-0.3, -0.25) is 9.20 Å². The van der Waals surface area contributed by atoms with E-state index in [0.29, 0.717) is 28.4 Å². The highest BCUT2D eigenvalue weighted by molar-refractivity contribution is 5.92. The van der Waals surface area contributed by atoms with Crippen molar-refractivity contribution in [3.8, 4) is 6.07 Å². The maximum Gasteiger partial charge on any atom is 0.267 e. The van der Waals surface area contributed by atoms with E-state index in [1.165, 1.54) is 4.40 Å². The van der Waals surface area contributed by atoms with Gasteiger partial charge >= 0.3 is 0 Å². The lowest BCUT2D eigenvalue weighted by molar-refractivity contribution is 0.312. The molecule has 0 bridgehead atoms. The molecule has 4 aromatic rings. The number of imidazole rings is 1. The van der Waals surface area contributed by atoms with E-state index in [0.717, 1.165) is 37.2 Å². The first-order chi connectivity index (χ1) is 15.6. The summed E-state index contributed by atoms with van der Waals surface area (Å²) in [5.41, 5.74) is 2.85. The number of hydrogen-bond donors (Lipinski definition) is 0. The van der Waals surface area contributed by atoms with E-state index in [1.807, 2.05) is 48.0 Å². The number of nitriles is 1. The van der Waals surface area contributed by atoms with E-state index in [1.54, 1.807) is 18.3 Å². The Labute approximate surface area is 185 Å². The minimum atomic E-state index is -0.198. The predicted molar refractivity (Wildman–Crippen MR) is 125 cm³/mol. The van der Waals surface area contributed by atoms with Gasteiger partial charge in [-0.1, -0.05) is 18.2 Å². The van der Waals surface area contributed by atoms with Crippen LogP contribution in [-0.4, -0.2) is 57.1 Å². The molecule has 8 heteroatoms. The third kappa shape index (κ3) is 3.33. The zero-order valence-corrected chi connectivity index (χ0v) is 18.1. The predicted octanol–water partition coefficient (Wildman–Crippen LogP) is 2.40. The number of nitrogens with zero attached hydrogens (tertiary/aromatic N) is 7. The zero-order chi connectivity index (χ0) is 22.2. The Morgan fingerprint density at radius 3 is 2.53 bits per heavy atom.